The lowest BCUT2D eigenvalue weighted by Crippen LogP contribution is -2.49. The van der Waals surface area contributed by atoms with Crippen LogP contribution in [0.2, 0.25) is 0 Å². The van der Waals surface area contributed by atoms with E-state index in [0.29, 0.717) is 5.69 Å². The van der Waals surface area contributed by atoms with Crippen molar-refractivity contribution in [1.82, 2.24) is 10.3 Å². The van der Waals surface area contributed by atoms with Crippen LogP contribution in [0.5, 0.6) is 0 Å². The fraction of sp³-hybridized carbons (Fsp3) is 0.600. The highest BCUT2D eigenvalue weighted by molar-refractivity contribution is 7.07. The van der Waals surface area contributed by atoms with E-state index < -0.39 is 0 Å². The van der Waals surface area contributed by atoms with Crippen molar-refractivity contribution in [3.63, 3.8) is 0 Å². The number of carbonyl (C=O) groups is 1. The SMILES string of the molecule is N[C@@H]1CCCC[C@H]1NC(=O)c1cscn1. The van der Waals surface area contributed by atoms with Crippen LogP contribution >= 0.6 is 11.3 Å². The molecule has 15 heavy (non-hydrogen) atoms. The summed E-state index contributed by atoms with van der Waals surface area (Å²) in [6.45, 7) is 0. The lowest BCUT2D eigenvalue weighted by Gasteiger charge is -2.28. The highest BCUT2D eigenvalue weighted by Gasteiger charge is 2.23. The molecule has 0 spiro atoms. The van der Waals surface area contributed by atoms with E-state index in [4.69, 9.17) is 5.73 Å². The Morgan fingerprint density at radius 3 is 3.00 bits per heavy atom. The molecule has 0 aliphatic heterocycles. The maximum absolute atomic E-state index is 11.7. The number of nitrogens with zero attached hydrogens (tertiary/aromatic N) is 1. The highest BCUT2D eigenvalue weighted by atomic mass is 32.1. The number of rotatable bonds is 2. The molecule has 1 saturated carbocycles. The number of hydrogen-bond donors (Lipinski definition) is 2. The van der Waals surface area contributed by atoms with Crippen molar-refractivity contribution in [3.8, 4) is 0 Å². The van der Waals surface area contributed by atoms with Crippen LogP contribution < -0.4 is 11.1 Å². The minimum atomic E-state index is -0.0985. The van der Waals surface area contributed by atoms with Gasteiger partial charge in [0, 0.05) is 17.5 Å². The summed E-state index contributed by atoms with van der Waals surface area (Å²) in [6.07, 6.45) is 4.30. The molecular formula is C10H15N3OS. The van der Waals surface area contributed by atoms with Crippen molar-refractivity contribution < 1.29 is 4.79 Å². The zero-order valence-electron chi connectivity index (χ0n) is 8.48. The number of thiazole rings is 1. The van der Waals surface area contributed by atoms with Gasteiger partial charge < -0.3 is 11.1 Å². The van der Waals surface area contributed by atoms with Gasteiger partial charge >= 0.3 is 0 Å². The zero-order chi connectivity index (χ0) is 10.7. The minimum absolute atomic E-state index is 0.0985. The Labute approximate surface area is 92.9 Å². The summed E-state index contributed by atoms with van der Waals surface area (Å²) in [6, 6.07) is 0.217. The topological polar surface area (TPSA) is 68.0 Å². The average molecular weight is 225 g/mol. The summed E-state index contributed by atoms with van der Waals surface area (Å²) < 4.78 is 0. The lowest BCUT2D eigenvalue weighted by atomic mass is 9.91. The van der Waals surface area contributed by atoms with Gasteiger partial charge in [-0.1, -0.05) is 12.8 Å². The Bertz CT molecular complexity index is 325. The molecular weight excluding hydrogens is 210 g/mol. The Morgan fingerprint density at radius 2 is 2.33 bits per heavy atom. The van der Waals surface area contributed by atoms with Gasteiger partial charge in [-0.3, -0.25) is 4.79 Å². The molecule has 1 heterocycles. The second-order valence-corrected chi connectivity index (χ2v) is 4.62. The number of hydrogen-bond acceptors (Lipinski definition) is 4. The van der Waals surface area contributed by atoms with Gasteiger partial charge in [0.2, 0.25) is 0 Å². The van der Waals surface area contributed by atoms with Gasteiger partial charge in [0.25, 0.3) is 5.91 Å². The Kier molecular flexibility index (Phi) is 3.33. The first-order valence-corrected chi connectivity index (χ1v) is 6.16. The maximum atomic E-state index is 11.7. The number of nitrogens with one attached hydrogen (secondary N) is 1. The van der Waals surface area contributed by atoms with Crippen LogP contribution in [0.15, 0.2) is 10.9 Å². The van der Waals surface area contributed by atoms with Crippen molar-refractivity contribution in [2.75, 3.05) is 0 Å². The molecule has 5 heteroatoms. The third-order valence-electron chi connectivity index (χ3n) is 2.80. The first-order chi connectivity index (χ1) is 7.27. The maximum Gasteiger partial charge on any atom is 0.271 e. The predicted molar refractivity (Wildman–Crippen MR) is 59.8 cm³/mol. The van der Waals surface area contributed by atoms with Crippen molar-refractivity contribution in [2.24, 2.45) is 5.73 Å². The molecule has 2 atom stereocenters. The normalized spacial score (nSPS) is 26.2. The molecule has 82 valence electrons. The predicted octanol–water partition coefficient (Wildman–Crippen LogP) is 1.14. The molecule has 1 aliphatic carbocycles. The molecule has 0 unspecified atom stereocenters. The first-order valence-electron chi connectivity index (χ1n) is 5.22. The molecule has 1 amide bonds. The fourth-order valence-electron chi connectivity index (χ4n) is 1.91. The van der Waals surface area contributed by atoms with Crippen molar-refractivity contribution in [1.29, 1.82) is 0 Å². The molecule has 1 aromatic heterocycles. The van der Waals surface area contributed by atoms with Crippen LogP contribution in [0.3, 0.4) is 0 Å². The number of carbonyl (C=O) groups excluding carboxylic acids is 1. The highest BCUT2D eigenvalue weighted by Crippen LogP contribution is 2.17. The van der Waals surface area contributed by atoms with Gasteiger partial charge in [0.1, 0.15) is 5.69 Å². The standard InChI is InChI=1S/C10H15N3OS/c11-7-3-1-2-4-8(7)13-10(14)9-5-15-6-12-9/h5-8H,1-4,11H2,(H,13,14)/t7-,8-/m1/s1. The van der Waals surface area contributed by atoms with E-state index in [-0.39, 0.29) is 18.0 Å². The van der Waals surface area contributed by atoms with Gasteiger partial charge in [-0.05, 0) is 12.8 Å². The molecule has 0 bridgehead atoms. The first kappa shape index (κ1) is 10.6. The largest absolute Gasteiger partial charge is 0.346 e. The number of aromatic nitrogens is 1. The van der Waals surface area contributed by atoms with Gasteiger partial charge in [-0.2, -0.15) is 0 Å². The van der Waals surface area contributed by atoms with Gasteiger partial charge in [-0.15, -0.1) is 11.3 Å². The molecule has 1 aliphatic rings. The summed E-state index contributed by atoms with van der Waals surface area (Å²) in [5.41, 5.74) is 8.11. The van der Waals surface area contributed by atoms with Crippen molar-refractivity contribution in [2.45, 2.75) is 37.8 Å². The molecule has 1 fully saturated rings. The molecule has 0 aromatic carbocycles. The second-order valence-electron chi connectivity index (χ2n) is 3.90. The van der Waals surface area contributed by atoms with Crippen molar-refractivity contribution in [3.05, 3.63) is 16.6 Å². The smallest absolute Gasteiger partial charge is 0.271 e. The summed E-state index contributed by atoms with van der Waals surface area (Å²) in [4.78, 5) is 15.7. The van der Waals surface area contributed by atoms with Crippen LogP contribution in [0.1, 0.15) is 36.2 Å². The summed E-state index contributed by atoms with van der Waals surface area (Å²) in [5, 5.41) is 4.70. The van der Waals surface area contributed by atoms with Crippen LogP contribution in [-0.4, -0.2) is 23.0 Å². The number of nitrogens with two attached hydrogens (primary N) is 1. The summed E-state index contributed by atoms with van der Waals surface area (Å²) >= 11 is 1.43. The van der Waals surface area contributed by atoms with E-state index in [1.54, 1.807) is 10.9 Å². The molecule has 3 N–H and O–H groups in total. The van der Waals surface area contributed by atoms with Crippen LogP contribution in [0.25, 0.3) is 0 Å². The summed E-state index contributed by atoms with van der Waals surface area (Å²) in [5.74, 6) is -0.0985. The van der Waals surface area contributed by atoms with E-state index in [9.17, 15) is 4.79 Å². The zero-order valence-corrected chi connectivity index (χ0v) is 9.30. The van der Waals surface area contributed by atoms with Crippen LogP contribution in [0.4, 0.5) is 0 Å². The van der Waals surface area contributed by atoms with Gasteiger partial charge in [-0.25, -0.2) is 4.98 Å². The van der Waals surface area contributed by atoms with Crippen molar-refractivity contribution >= 4 is 17.2 Å². The Hall–Kier alpha value is -0.940. The third kappa shape index (κ3) is 2.54. The van der Waals surface area contributed by atoms with Crippen LogP contribution in [0, 0.1) is 0 Å². The molecule has 0 radical (unpaired) electrons. The fourth-order valence-corrected chi connectivity index (χ4v) is 2.44. The molecule has 0 saturated heterocycles. The quantitative estimate of drug-likeness (QED) is 0.793. The van der Waals surface area contributed by atoms with Gasteiger partial charge in [0.05, 0.1) is 5.51 Å². The Balaban J connectivity index is 1.93. The molecule has 1 aromatic rings. The lowest BCUT2D eigenvalue weighted by molar-refractivity contribution is 0.0917. The molecule has 2 rings (SSSR count). The summed E-state index contributed by atoms with van der Waals surface area (Å²) in [7, 11) is 0. The van der Waals surface area contributed by atoms with E-state index in [1.165, 1.54) is 17.8 Å². The van der Waals surface area contributed by atoms with Gasteiger partial charge in [0.15, 0.2) is 0 Å². The van der Waals surface area contributed by atoms with E-state index in [0.717, 1.165) is 19.3 Å². The second kappa shape index (κ2) is 4.72. The van der Waals surface area contributed by atoms with E-state index in [2.05, 4.69) is 10.3 Å². The third-order valence-corrected chi connectivity index (χ3v) is 3.39. The van der Waals surface area contributed by atoms with E-state index in [1.807, 2.05) is 0 Å². The molecule has 4 nitrogen and oxygen atoms in total. The van der Waals surface area contributed by atoms with E-state index >= 15 is 0 Å². The monoisotopic (exact) mass is 225 g/mol. The Morgan fingerprint density at radius 1 is 1.53 bits per heavy atom. The average Bonchev–Trinajstić information content (AvgIpc) is 2.74. The minimum Gasteiger partial charge on any atom is -0.346 e. The number of amides is 1. The van der Waals surface area contributed by atoms with Crippen LogP contribution in [-0.2, 0) is 0 Å².